The number of carbonyl (C=O) groups excluding carboxylic acids is 1. The second kappa shape index (κ2) is 6.48. The van der Waals surface area contributed by atoms with Gasteiger partial charge in [-0.15, -0.1) is 0 Å². The first kappa shape index (κ1) is 16.1. The van der Waals surface area contributed by atoms with Crippen molar-refractivity contribution in [2.24, 2.45) is 0 Å². The van der Waals surface area contributed by atoms with E-state index in [0.717, 1.165) is 30.8 Å². The number of nitriles is 1. The van der Waals surface area contributed by atoms with Gasteiger partial charge in [0.1, 0.15) is 0 Å². The highest BCUT2D eigenvalue weighted by atomic mass is 16.2. The highest BCUT2D eigenvalue weighted by Gasteiger charge is 2.27. The van der Waals surface area contributed by atoms with E-state index in [4.69, 9.17) is 5.26 Å². The van der Waals surface area contributed by atoms with Gasteiger partial charge >= 0.3 is 0 Å². The van der Waals surface area contributed by atoms with Crippen molar-refractivity contribution in [1.82, 2.24) is 19.3 Å². The van der Waals surface area contributed by atoms with Crippen LogP contribution in [0.2, 0.25) is 0 Å². The molecule has 0 saturated heterocycles. The van der Waals surface area contributed by atoms with E-state index in [2.05, 4.69) is 16.2 Å². The number of aromatic nitrogens is 4. The molecule has 1 aromatic carbocycles. The summed E-state index contributed by atoms with van der Waals surface area (Å²) in [5.74, 6) is 0.491. The number of hydrogen-bond acceptors (Lipinski definition) is 4. The van der Waals surface area contributed by atoms with Crippen molar-refractivity contribution in [3.05, 3.63) is 54.0 Å². The molecule has 0 unspecified atom stereocenters. The lowest BCUT2D eigenvalue weighted by atomic mass is 10.1. The molecule has 7 nitrogen and oxygen atoms in total. The molecule has 26 heavy (non-hydrogen) atoms. The quantitative estimate of drug-likeness (QED) is 0.730. The van der Waals surface area contributed by atoms with Crippen LogP contribution in [0, 0.1) is 11.3 Å². The van der Waals surface area contributed by atoms with E-state index < -0.39 is 0 Å². The molecule has 1 aliphatic rings. The Bertz CT molecular complexity index is 1010. The number of amides is 1. The van der Waals surface area contributed by atoms with Crippen LogP contribution in [0.4, 0.5) is 5.95 Å². The van der Waals surface area contributed by atoms with E-state index in [9.17, 15) is 4.79 Å². The van der Waals surface area contributed by atoms with Crippen molar-refractivity contribution in [2.75, 3.05) is 11.4 Å². The zero-order chi connectivity index (χ0) is 18.1. The van der Waals surface area contributed by atoms with Gasteiger partial charge in [0.05, 0.1) is 17.3 Å². The van der Waals surface area contributed by atoms with Gasteiger partial charge in [-0.1, -0.05) is 12.1 Å². The van der Waals surface area contributed by atoms with E-state index in [1.807, 2.05) is 42.1 Å². The summed E-state index contributed by atoms with van der Waals surface area (Å²) in [5, 5.41) is 13.4. The molecule has 3 heterocycles. The van der Waals surface area contributed by atoms with Gasteiger partial charge in [-0.2, -0.15) is 10.4 Å². The minimum atomic E-state index is -0.138. The number of nitrogens with zero attached hydrogens (tertiary/aromatic N) is 6. The molecule has 3 aromatic rings. The van der Waals surface area contributed by atoms with Gasteiger partial charge in [-0.05, 0) is 31.5 Å². The minimum Gasteiger partial charge on any atom is -0.316 e. The molecule has 0 aliphatic carbocycles. The van der Waals surface area contributed by atoms with Crippen molar-refractivity contribution >= 4 is 11.9 Å². The number of anilines is 1. The zero-order valence-electron chi connectivity index (χ0n) is 14.5. The van der Waals surface area contributed by atoms with Crippen molar-refractivity contribution < 1.29 is 4.79 Å². The maximum atomic E-state index is 12.9. The molecule has 2 aromatic heterocycles. The number of carbonyl (C=O) groups is 1. The van der Waals surface area contributed by atoms with Gasteiger partial charge in [0, 0.05) is 37.6 Å². The molecule has 0 radical (unpaired) electrons. The molecule has 4 rings (SSSR count). The third-order valence-corrected chi connectivity index (χ3v) is 4.49. The average molecular weight is 346 g/mol. The lowest BCUT2D eigenvalue weighted by Crippen LogP contribution is -2.38. The lowest BCUT2D eigenvalue weighted by molar-refractivity contribution is 0.0975. The molecule has 1 amide bonds. The summed E-state index contributed by atoms with van der Waals surface area (Å²) < 4.78 is 3.73. The first-order valence-corrected chi connectivity index (χ1v) is 8.62. The van der Waals surface area contributed by atoms with Crippen molar-refractivity contribution in [2.45, 2.75) is 26.4 Å². The maximum Gasteiger partial charge on any atom is 0.281 e. The molecule has 0 spiro atoms. The summed E-state index contributed by atoms with van der Waals surface area (Å²) in [6.45, 7) is 4.14. The van der Waals surface area contributed by atoms with E-state index in [0.29, 0.717) is 23.8 Å². The highest BCUT2D eigenvalue weighted by molar-refractivity contribution is 6.04. The van der Waals surface area contributed by atoms with Gasteiger partial charge in [0.2, 0.25) is 5.95 Å². The fourth-order valence-corrected chi connectivity index (χ4v) is 3.15. The number of rotatable bonds is 3. The maximum absolute atomic E-state index is 12.9. The molecule has 7 heteroatoms. The first-order chi connectivity index (χ1) is 12.7. The molecule has 0 atom stereocenters. The standard InChI is InChI=1S/C19H18N6O/c1-2-24-10-7-16(22-24)18(26)25-9-4-8-23-13-17(21-19(23)25)15-6-3-5-14(11-15)12-20/h3,5-7,10-11,13H,2,4,8-9H2,1H3. The summed E-state index contributed by atoms with van der Waals surface area (Å²) in [7, 11) is 0. The summed E-state index contributed by atoms with van der Waals surface area (Å²) in [6.07, 6.45) is 4.61. The van der Waals surface area contributed by atoms with E-state index in [1.165, 1.54) is 0 Å². The van der Waals surface area contributed by atoms with E-state index >= 15 is 0 Å². The summed E-state index contributed by atoms with van der Waals surface area (Å²) in [6, 6.07) is 11.2. The van der Waals surface area contributed by atoms with Gasteiger partial charge < -0.3 is 4.57 Å². The van der Waals surface area contributed by atoms with Crippen LogP contribution in [0.1, 0.15) is 29.4 Å². The van der Waals surface area contributed by atoms with Gasteiger partial charge in [0.25, 0.3) is 5.91 Å². The largest absolute Gasteiger partial charge is 0.316 e. The monoisotopic (exact) mass is 346 g/mol. The SMILES string of the molecule is CCn1ccc(C(=O)N2CCCn3cc(-c4cccc(C#N)c4)nc32)n1. The molecule has 0 bridgehead atoms. The Hall–Kier alpha value is -3.40. The number of imidazole rings is 1. The average Bonchev–Trinajstić information content (AvgIpc) is 3.34. The Labute approximate surface area is 151 Å². The smallest absolute Gasteiger partial charge is 0.281 e. The second-order valence-corrected chi connectivity index (χ2v) is 6.18. The van der Waals surface area contributed by atoms with Crippen LogP contribution in [-0.2, 0) is 13.1 Å². The summed E-state index contributed by atoms with van der Waals surface area (Å²) in [5.41, 5.74) is 2.65. The van der Waals surface area contributed by atoms with Gasteiger partial charge in [-0.25, -0.2) is 4.98 Å². The Kier molecular flexibility index (Phi) is 4.01. The fraction of sp³-hybridized carbons (Fsp3) is 0.263. The number of fused-ring (bicyclic) bond motifs is 1. The predicted molar refractivity (Wildman–Crippen MR) is 96.6 cm³/mol. The fourth-order valence-electron chi connectivity index (χ4n) is 3.15. The molecular weight excluding hydrogens is 328 g/mol. The van der Waals surface area contributed by atoms with Crippen molar-refractivity contribution in [3.63, 3.8) is 0 Å². The van der Waals surface area contributed by atoms with Gasteiger partial charge in [-0.3, -0.25) is 14.4 Å². The summed E-state index contributed by atoms with van der Waals surface area (Å²) in [4.78, 5) is 19.3. The number of benzene rings is 1. The van der Waals surface area contributed by atoms with Crippen LogP contribution in [0.15, 0.2) is 42.7 Å². The molecule has 1 aliphatic heterocycles. The van der Waals surface area contributed by atoms with Crippen LogP contribution >= 0.6 is 0 Å². The minimum absolute atomic E-state index is 0.138. The lowest BCUT2D eigenvalue weighted by Gasteiger charge is -2.26. The van der Waals surface area contributed by atoms with Crippen molar-refractivity contribution in [3.8, 4) is 17.3 Å². The Morgan fingerprint density at radius 3 is 2.96 bits per heavy atom. The summed E-state index contributed by atoms with van der Waals surface area (Å²) >= 11 is 0. The topological polar surface area (TPSA) is 79.7 Å². The van der Waals surface area contributed by atoms with Crippen LogP contribution in [0.25, 0.3) is 11.3 Å². The Morgan fingerprint density at radius 1 is 1.31 bits per heavy atom. The Balaban J connectivity index is 1.69. The van der Waals surface area contributed by atoms with Crippen LogP contribution in [0.3, 0.4) is 0 Å². The van der Waals surface area contributed by atoms with E-state index in [-0.39, 0.29) is 5.91 Å². The molecule has 0 saturated carbocycles. The number of aryl methyl sites for hydroxylation is 2. The Morgan fingerprint density at radius 2 is 2.19 bits per heavy atom. The predicted octanol–water partition coefficient (Wildman–Crippen LogP) is 2.69. The number of hydrogen-bond donors (Lipinski definition) is 0. The third-order valence-electron chi connectivity index (χ3n) is 4.49. The normalized spacial score (nSPS) is 13.3. The van der Waals surface area contributed by atoms with Crippen LogP contribution in [0.5, 0.6) is 0 Å². The van der Waals surface area contributed by atoms with Gasteiger partial charge in [0.15, 0.2) is 5.69 Å². The van der Waals surface area contributed by atoms with Crippen LogP contribution in [-0.4, -0.2) is 31.8 Å². The van der Waals surface area contributed by atoms with Crippen molar-refractivity contribution in [1.29, 1.82) is 5.26 Å². The molecule has 0 fully saturated rings. The second-order valence-electron chi connectivity index (χ2n) is 6.18. The van der Waals surface area contributed by atoms with Crippen LogP contribution < -0.4 is 4.90 Å². The van der Waals surface area contributed by atoms with E-state index in [1.54, 1.807) is 21.7 Å². The molecule has 130 valence electrons. The molecule has 0 N–H and O–H groups in total. The highest BCUT2D eigenvalue weighted by Crippen LogP contribution is 2.27. The molecular formula is C19H18N6O. The first-order valence-electron chi connectivity index (χ1n) is 8.62. The third kappa shape index (κ3) is 2.75. The zero-order valence-corrected chi connectivity index (χ0v) is 14.5.